The second-order valence-corrected chi connectivity index (χ2v) is 6.57. The molecule has 0 heterocycles. The number of hydrogen-bond acceptors (Lipinski definition) is 0. The summed E-state index contributed by atoms with van der Waals surface area (Å²) in [6.45, 7) is 7.40. The van der Waals surface area contributed by atoms with Crippen LogP contribution in [0.4, 0.5) is 0 Å². The fourth-order valence-electron chi connectivity index (χ4n) is 2.45. The number of nitrogens with zero attached hydrogens (tertiary/aromatic N) is 1. The summed E-state index contributed by atoms with van der Waals surface area (Å²) in [5.41, 5.74) is 0. The molecular formula is C18H38IN. The van der Waals surface area contributed by atoms with Crippen molar-refractivity contribution in [2.24, 2.45) is 0 Å². The first kappa shape index (κ1) is 22.7. The first-order valence-corrected chi connectivity index (χ1v) is 8.58. The summed E-state index contributed by atoms with van der Waals surface area (Å²) in [6, 6.07) is 0. The minimum Gasteiger partial charge on any atom is -1.00 e. The SMILES string of the molecule is C=C[N+](C)(C)CCCCCCCCCCCCCC.[I-]. The van der Waals surface area contributed by atoms with Crippen LogP contribution >= 0.6 is 0 Å². The largest absolute Gasteiger partial charge is 1.00 e. The van der Waals surface area contributed by atoms with E-state index in [2.05, 4.69) is 27.6 Å². The molecule has 0 rings (SSSR count). The van der Waals surface area contributed by atoms with Crippen LogP contribution in [0.1, 0.15) is 84.0 Å². The monoisotopic (exact) mass is 395 g/mol. The van der Waals surface area contributed by atoms with Crippen LogP contribution in [0, 0.1) is 0 Å². The van der Waals surface area contributed by atoms with Crippen molar-refractivity contribution in [2.75, 3.05) is 20.6 Å². The Morgan fingerprint density at radius 1 is 0.700 bits per heavy atom. The molecule has 0 fully saturated rings. The van der Waals surface area contributed by atoms with Crippen LogP contribution in [0.2, 0.25) is 0 Å². The predicted molar refractivity (Wildman–Crippen MR) is 88.3 cm³/mol. The van der Waals surface area contributed by atoms with Gasteiger partial charge in [0.05, 0.1) is 26.8 Å². The molecule has 0 aromatic rings. The summed E-state index contributed by atoms with van der Waals surface area (Å²) < 4.78 is 0.956. The quantitative estimate of drug-likeness (QED) is 0.241. The van der Waals surface area contributed by atoms with E-state index in [0.29, 0.717) is 0 Å². The second-order valence-electron chi connectivity index (χ2n) is 6.57. The highest BCUT2D eigenvalue weighted by Crippen LogP contribution is 2.12. The Kier molecular flexibility index (Phi) is 18.0. The molecule has 0 bridgehead atoms. The van der Waals surface area contributed by atoms with Gasteiger partial charge in [0.2, 0.25) is 0 Å². The van der Waals surface area contributed by atoms with Crippen molar-refractivity contribution in [1.29, 1.82) is 0 Å². The first-order valence-electron chi connectivity index (χ1n) is 8.58. The number of unbranched alkanes of at least 4 members (excludes halogenated alkanes) is 11. The zero-order valence-corrected chi connectivity index (χ0v) is 16.5. The van der Waals surface area contributed by atoms with Gasteiger partial charge in [-0.2, -0.15) is 0 Å². The lowest BCUT2D eigenvalue weighted by Gasteiger charge is -2.24. The third kappa shape index (κ3) is 16.5. The van der Waals surface area contributed by atoms with Gasteiger partial charge in [-0.15, -0.1) is 0 Å². The Morgan fingerprint density at radius 3 is 1.40 bits per heavy atom. The van der Waals surface area contributed by atoms with Crippen molar-refractivity contribution < 1.29 is 28.5 Å². The highest BCUT2D eigenvalue weighted by molar-refractivity contribution is 4.53. The predicted octanol–water partition coefficient (Wildman–Crippen LogP) is 2.91. The number of quaternary nitrogens is 1. The molecule has 0 amide bonds. The molecule has 0 unspecified atom stereocenters. The Labute approximate surface area is 145 Å². The summed E-state index contributed by atoms with van der Waals surface area (Å²) in [4.78, 5) is 0. The van der Waals surface area contributed by atoms with Crippen LogP contribution in [0.3, 0.4) is 0 Å². The smallest absolute Gasteiger partial charge is 0.0881 e. The van der Waals surface area contributed by atoms with Gasteiger partial charge < -0.3 is 28.5 Å². The van der Waals surface area contributed by atoms with Gasteiger partial charge in [-0.3, -0.25) is 0 Å². The van der Waals surface area contributed by atoms with E-state index in [4.69, 9.17) is 0 Å². The normalized spacial score (nSPS) is 11.2. The molecule has 0 aliphatic heterocycles. The van der Waals surface area contributed by atoms with Crippen LogP contribution in [-0.2, 0) is 0 Å². The third-order valence-electron chi connectivity index (χ3n) is 4.08. The van der Waals surface area contributed by atoms with Crippen molar-refractivity contribution in [1.82, 2.24) is 0 Å². The van der Waals surface area contributed by atoms with Crippen molar-refractivity contribution in [3.8, 4) is 0 Å². The van der Waals surface area contributed by atoms with Gasteiger partial charge in [-0.1, -0.05) is 71.1 Å². The number of halogens is 1. The minimum absolute atomic E-state index is 0. The topological polar surface area (TPSA) is 0 Å². The van der Waals surface area contributed by atoms with Gasteiger partial charge in [-0.05, 0) is 19.4 Å². The number of hydrogen-bond donors (Lipinski definition) is 0. The lowest BCUT2D eigenvalue weighted by Crippen LogP contribution is -3.00. The van der Waals surface area contributed by atoms with E-state index in [0.717, 1.165) is 4.48 Å². The van der Waals surface area contributed by atoms with E-state index >= 15 is 0 Å². The molecule has 0 N–H and O–H groups in total. The van der Waals surface area contributed by atoms with E-state index in [1.54, 1.807) is 0 Å². The second kappa shape index (κ2) is 15.8. The third-order valence-corrected chi connectivity index (χ3v) is 4.08. The minimum atomic E-state index is 0. The Bertz CT molecular complexity index is 202. The van der Waals surface area contributed by atoms with E-state index in [1.165, 1.54) is 83.6 Å². The summed E-state index contributed by atoms with van der Waals surface area (Å²) in [7, 11) is 4.46. The van der Waals surface area contributed by atoms with Crippen LogP contribution in [0.15, 0.2) is 12.8 Å². The molecule has 0 aromatic carbocycles. The number of rotatable bonds is 14. The lowest BCUT2D eigenvalue weighted by atomic mass is 10.1. The molecule has 0 aromatic heterocycles. The average molecular weight is 395 g/mol. The molecule has 0 saturated heterocycles. The van der Waals surface area contributed by atoms with Crippen molar-refractivity contribution in [2.45, 2.75) is 84.0 Å². The summed E-state index contributed by atoms with van der Waals surface area (Å²) in [6.07, 6.45) is 19.2. The van der Waals surface area contributed by atoms with E-state index in [-0.39, 0.29) is 24.0 Å². The zero-order chi connectivity index (χ0) is 14.4. The highest BCUT2D eigenvalue weighted by Gasteiger charge is 2.08. The summed E-state index contributed by atoms with van der Waals surface area (Å²) in [5.74, 6) is 0. The maximum atomic E-state index is 3.88. The van der Waals surface area contributed by atoms with Crippen LogP contribution in [0.5, 0.6) is 0 Å². The maximum absolute atomic E-state index is 3.88. The van der Waals surface area contributed by atoms with Crippen LogP contribution in [0.25, 0.3) is 0 Å². The van der Waals surface area contributed by atoms with Crippen molar-refractivity contribution >= 4 is 0 Å². The van der Waals surface area contributed by atoms with Gasteiger partial charge >= 0.3 is 0 Å². The zero-order valence-electron chi connectivity index (χ0n) is 14.3. The Hall–Kier alpha value is 0.430. The van der Waals surface area contributed by atoms with Gasteiger partial charge in [0.1, 0.15) is 0 Å². The van der Waals surface area contributed by atoms with Gasteiger partial charge in [0.15, 0.2) is 0 Å². The molecule has 2 heteroatoms. The van der Waals surface area contributed by atoms with Crippen LogP contribution in [-0.4, -0.2) is 25.1 Å². The maximum Gasteiger partial charge on any atom is 0.0881 e. The van der Waals surface area contributed by atoms with Crippen molar-refractivity contribution in [3.63, 3.8) is 0 Å². The molecule has 122 valence electrons. The fraction of sp³-hybridized carbons (Fsp3) is 0.889. The highest BCUT2D eigenvalue weighted by atomic mass is 127. The molecule has 0 spiro atoms. The van der Waals surface area contributed by atoms with Gasteiger partial charge in [0.25, 0.3) is 0 Å². The Morgan fingerprint density at radius 2 is 1.05 bits per heavy atom. The molecule has 0 aliphatic rings. The standard InChI is InChI=1S/C18H38N.HI/c1-5-7-8-9-10-11-12-13-14-15-16-17-18-19(3,4)6-2;/h6H,2,5,7-18H2,1,3-4H3;1H/q+1;/p-1. The average Bonchev–Trinajstić information content (AvgIpc) is 2.40. The van der Waals surface area contributed by atoms with Crippen LogP contribution < -0.4 is 24.0 Å². The summed E-state index contributed by atoms with van der Waals surface area (Å²) >= 11 is 0. The molecule has 0 radical (unpaired) electrons. The first-order chi connectivity index (χ1) is 9.12. The molecule has 20 heavy (non-hydrogen) atoms. The van der Waals surface area contributed by atoms with E-state index in [1.807, 2.05) is 6.20 Å². The lowest BCUT2D eigenvalue weighted by molar-refractivity contribution is -0.838. The summed E-state index contributed by atoms with van der Waals surface area (Å²) in [5, 5.41) is 0. The molecule has 0 saturated carbocycles. The van der Waals surface area contributed by atoms with Gasteiger partial charge in [-0.25, -0.2) is 0 Å². The van der Waals surface area contributed by atoms with E-state index in [9.17, 15) is 0 Å². The molecule has 0 aliphatic carbocycles. The van der Waals surface area contributed by atoms with E-state index < -0.39 is 0 Å². The van der Waals surface area contributed by atoms with Crippen molar-refractivity contribution in [3.05, 3.63) is 12.8 Å². The Balaban J connectivity index is 0. The molecular weight excluding hydrogens is 357 g/mol. The fourth-order valence-corrected chi connectivity index (χ4v) is 2.45. The molecule has 1 nitrogen and oxygen atoms in total. The van der Waals surface area contributed by atoms with Gasteiger partial charge in [0, 0.05) is 0 Å². The molecule has 0 atom stereocenters.